The Labute approximate surface area is 152 Å². The van der Waals surface area contributed by atoms with Crippen molar-refractivity contribution in [1.29, 1.82) is 0 Å². The molecule has 3 rings (SSSR count). The second kappa shape index (κ2) is 6.80. The minimum atomic E-state index is -3.40. The maximum atomic E-state index is 12.4. The molecule has 0 saturated carbocycles. The fourth-order valence-corrected chi connectivity index (χ4v) is 5.29. The van der Waals surface area contributed by atoms with E-state index in [4.69, 9.17) is 0 Å². The SMILES string of the molecule is C=CCS(=O)(=O)c1ccc2sc3c(c2c1)N(CC(C)C)CCNC3=O. The second-order valence-electron chi connectivity index (χ2n) is 6.60. The highest BCUT2D eigenvalue weighted by Gasteiger charge is 2.27. The predicted octanol–water partition coefficient (Wildman–Crippen LogP) is 3.07. The summed E-state index contributed by atoms with van der Waals surface area (Å²) < 4.78 is 25.7. The number of hydrogen-bond donors (Lipinski definition) is 1. The zero-order valence-electron chi connectivity index (χ0n) is 14.4. The average Bonchev–Trinajstić information content (AvgIpc) is 2.85. The van der Waals surface area contributed by atoms with Crippen LogP contribution < -0.4 is 10.2 Å². The van der Waals surface area contributed by atoms with Gasteiger partial charge in [0.1, 0.15) is 4.88 Å². The summed E-state index contributed by atoms with van der Waals surface area (Å²) in [6, 6.07) is 5.11. The number of nitrogens with zero attached hydrogens (tertiary/aromatic N) is 1. The Hall–Kier alpha value is -1.86. The van der Waals surface area contributed by atoms with Crippen molar-refractivity contribution < 1.29 is 13.2 Å². The molecule has 1 N–H and O–H groups in total. The topological polar surface area (TPSA) is 66.5 Å². The van der Waals surface area contributed by atoms with Gasteiger partial charge >= 0.3 is 0 Å². The molecular formula is C18H22N2O3S2. The zero-order valence-corrected chi connectivity index (χ0v) is 16.0. The first kappa shape index (κ1) is 17.9. The first-order chi connectivity index (χ1) is 11.8. The second-order valence-corrected chi connectivity index (χ2v) is 9.69. The molecule has 2 aromatic rings. The maximum absolute atomic E-state index is 12.4. The summed E-state index contributed by atoms with van der Waals surface area (Å²) in [5, 5.41) is 3.76. The number of benzene rings is 1. The highest BCUT2D eigenvalue weighted by Crippen LogP contribution is 2.40. The quantitative estimate of drug-likeness (QED) is 0.812. The average molecular weight is 379 g/mol. The molecule has 1 aromatic carbocycles. The molecule has 5 nitrogen and oxygen atoms in total. The van der Waals surface area contributed by atoms with Crippen LogP contribution in [0.4, 0.5) is 5.69 Å². The molecule has 134 valence electrons. The number of anilines is 1. The van der Waals surface area contributed by atoms with Crippen LogP contribution >= 0.6 is 11.3 Å². The largest absolute Gasteiger partial charge is 0.368 e. The lowest BCUT2D eigenvalue weighted by Crippen LogP contribution is -2.32. The van der Waals surface area contributed by atoms with Gasteiger partial charge in [0.05, 0.1) is 16.3 Å². The van der Waals surface area contributed by atoms with Gasteiger partial charge in [-0.15, -0.1) is 17.9 Å². The lowest BCUT2D eigenvalue weighted by Gasteiger charge is -2.25. The Bertz CT molecular complexity index is 929. The lowest BCUT2D eigenvalue weighted by atomic mass is 10.1. The number of thiophene rings is 1. The van der Waals surface area contributed by atoms with Crippen LogP contribution in [0.1, 0.15) is 23.5 Å². The van der Waals surface area contributed by atoms with Crippen molar-refractivity contribution in [3.63, 3.8) is 0 Å². The van der Waals surface area contributed by atoms with Crippen LogP contribution in [0.5, 0.6) is 0 Å². The van der Waals surface area contributed by atoms with Crippen molar-refractivity contribution in [3.8, 4) is 0 Å². The minimum Gasteiger partial charge on any atom is -0.368 e. The summed E-state index contributed by atoms with van der Waals surface area (Å²) in [4.78, 5) is 15.6. The number of sulfone groups is 1. The monoisotopic (exact) mass is 378 g/mol. The van der Waals surface area contributed by atoms with E-state index in [9.17, 15) is 13.2 Å². The van der Waals surface area contributed by atoms with Crippen molar-refractivity contribution in [1.82, 2.24) is 5.32 Å². The van der Waals surface area contributed by atoms with Crippen LogP contribution in [0.3, 0.4) is 0 Å². The van der Waals surface area contributed by atoms with Gasteiger partial charge in [-0.3, -0.25) is 4.79 Å². The van der Waals surface area contributed by atoms with Crippen molar-refractivity contribution in [2.75, 3.05) is 30.3 Å². The van der Waals surface area contributed by atoms with E-state index >= 15 is 0 Å². The molecule has 0 saturated heterocycles. The van der Waals surface area contributed by atoms with Crippen molar-refractivity contribution in [3.05, 3.63) is 35.7 Å². The van der Waals surface area contributed by atoms with Crippen LogP contribution in [0, 0.1) is 5.92 Å². The van der Waals surface area contributed by atoms with Gasteiger partial charge in [0.15, 0.2) is 9.84 Å². The van der Waals surface area contributed by atoms with E-state index in [2.05, 4.69) is 30.6 Å². The van der Waals surface area contributed by atoms with Crippen molar-refractivity contribution in [2.45, 2.75) is 18.7 Å². The van der Waals surface area contributed by atoms with Crippen LogP contribution in [-0.4, -0.2) is 39.7 Å². The smallest absolute Gasteiger partial charge is 0.263 e. The highest BCUT2D eigenvalue weighted by molar-refractivity contribution is 7.91. The molecular weight excluding hydrogens is 356 g/mol. The molecule has 1 aliphatic heterocycles. The number of amides is 1. The summed E-state index contributed by atoms with van der Waals surface area (Å²) in [6.07, 6.45) is 1.40. The molecule has 0 spiro atoms. The van der Waals surface area contributed by atoms with Gasteiger partial charge < -0.3 is 10.2 Å². The fourth-order valence-electron chi connectivity index (χ4n) is 3.10. The molecule has 25 heavy (non-hydrogen) atoms. The van der Waals surface area contributed by atoms with Gasteiger partial charge in [-0.1, -0.05) is 19.9 Å². The van der Waals surface area contributed by atoms with E-state index in [0.29, 0.717) is 23.9 Å². The zero-order chi connectivity index (χ0) is 18.2. The van der Waals surface area contributed by atoms with Gasteiger partial charge in [-0.05, 0) is 24.1 Å². The molecule has 0 bridgehead atoms. The number of nitrogens with one attached hydrogen (secondary N) is 1. The van der Waals surface area contributed by atoms with Gasteiger partial charge in [-0.2, -0.15) is 0 Å². The van der Waals surface area contributed by atoms with Crippen molar-refractivity contribution in [2.24, 2.45) is 5.92 Å². The Kier molecular flexibility index (Phi) is 4.88. The predicted molar refractivity (Wildman–Crippen MR) is 103 cm³/mol. The van der Waals surface area contributed by atoms with E-state index in [1.165, 1.54) is 17.4 Å². The number of rotatable bonds is 5. The lowest BCUT2D eigenvalue weighted by molar-refractivity contribution is 0.0962. The number of hydrogen-bond acceptors (Lipinski definition) is 5. The summed E-state index contributed by atoms with van der Waals surface area (Å²) in [5.41, 5.74) is 0.861. The van der Waals surface area contributed by atoms with E-state index in [-0.39, 0.29) is 16.6 Å². The number of carbonyl (C=O) groups is 1. The number of fused-ring (bicyclic) bond motifs is 3. The molecule has 0 unspecified atom stereocenters. The molecule has 7 heteroatoms. The van der Waals surface area contributed by atoms with E-state index in [1.807, 2.05) is 0 Å². The van der Waals surface area contributed by atoms with Gasteiger partial charge in [0.25, 0.3) is 5.91 Å². The van der Waals surface area contributed by atoms with Gasteiger partial charge in [0, 0.05) is 29.7 Å². The summed E-state index contributed by atoms with van der Waals surface area (Å²) in [7, 11) is -3.40. The number of carbonyl (C=O) groups excluding carboxylic acids is 1. The maximum Gasteiger partial charge on any atom is 0.263 e. The van der Waals surface area contributed by atoms with E-state index < -0.39 is 9.84 Å². The molecule has 2 heterocycles. The Morgan fingerprint density at radius 3 is 2.84 bits per heavy atom. The standard InChI is InChI=1S/C18H22N2O3S2/c1-4-9-25(22,23)13-5-6-15-14(10-13)16-17(24-15)18(21)19-7-8-20(16)11-12(2)3/h4-6,10,12H,1,7-9,11H2,2-3H3,(H,19,21). The van der Waals surface area contributed by atoms with Gasteiger partial charge in [-0.25, -0.2) is 8.42 Å². The molecule has 1 aromatic heterocycles. The Balaban J connectivity index is 2.21. The molecule has 1 aliphatic rings. The van der Waals surface area contributed by atoms with E-state index in [0.717, 1.165) is 22.3 Å². The normalized spacial score (nSPS) is 15.2. The Morgan fingerprint density at radius 1 is 1.40 bits per heavy atom. The van der Waals surface area contributed by atoms with Crippen LogP contribution in [0.15, 0.2) is 35.7 Å². The molecule has 0 aliphatic carbocycles. The third kappa shape index (κ3) is 3.43. The molecule has 0 fully saturated rings. The third-order valence-electron chi connectivity index (χ3n) is 4.10. The Morgan fingerprint density at radius 2 is 2.16 bits per heavy atom. The summed E-state index contributed by atoms with van der Waals surface area (Å²) in [5.74, 6) is 0.253. The highest BCUT2D eigenvalue weighted by atomic mass is 32.2. The third-order valence-corrected chi connectivity index (χ3v) is 6.91. The molecule has 1 amide bonds. The van der Waals surface area contributed by atoms with Crippen LogP contribution in [-0.2, 0) is 9.84 Å². The first-order valence-corrected chi connectivity index (χ1v) is 10.7. The van der Waals surface area contributed by atoms with E-state index in [1.54, 1.807) is 18.2 Å². The van der Waals surface area contributed by atoms with Crippen LogP contribution in [0.2, 0.25) is 0 Å². The molecule has 0 radical (unpaired) electrons. The molecule has 0 atom stereocenters. The van der Waals surface area contributed by atoms with Crippen molar-refractivity contribution >= 4 is 42.9 Å². The summed E-state index contributed by atoms with van der Waals surface area (Å²) in [6.45, 7) is 9.91. The summed E-state index contributed by atoms with van der Waals surface area (Å²) >= 11 is 1.42. The first-order valence-electron chi connectivity index (χ1n) is 8.27. The van der Waals surface area contributed by atoms with Gasteiger partial charge in [0.2, 0.25) is 0 Å². The minimum absolute atomic E-state index is 0.0852. The fraction of sp³-hybridized carbons (Fsp3) is 0.389. The van der Waals surface area contributed by atoms with Crippen LogP contribution in [0.25, 0.3) is 10.1 Å².